The molecule has 1 saturated heterocycles. The molecule has 1 aliphatic rings. The lowest BCUT2D eigenvalue weighted by Crippen LogP contribution is -2.43. The van der Waals surface area contributed by atoms with E-state index in [1.54, 1.807) is 6.20 Å². The summed E-state index contributed by atoms with van der Waals surface area (Å²) in [4.78, 5) is 2.17. The smallest absolute Gasteiger partial charge is 0.0980 e. The third-order valence-corrected chi connectivity index (χ3v) is 3.72. The Morgan fingerprint density at radius 2 is 2.26 bits per heavy atom. The Balaban J connectivity index is 2.65. The summed E-state index contributed by atoms with van der Waals surface area (Å²) in [6.45, 7) is 8.89. The number of hydrogen-bond donors (Lipinski definition) is 2. The third kappa shape index (κ3) is 4.88. The summed E-state index contributed by atoms with van der Waals surface area (Å²) in [5.74, 6) is 1.21. The molecule has 1 fully saturated rings. The zero-order chi connectivity index (χ0) is 14.3. The molecule has 1 unspecified atom stereocenters. The highest BCUT2D eigenvalue weighted by Gasteiger charge is 2.20. The second-order valence-corrected chi connectivity index (χ2v) is 5.39. The third-order valence-electron chi connectivity index (χ3n) is 3.72. The molecule has 4 nitrogen and oxygen atoms in total. The van der Waals surface area contributed by atoms with Gasteiger partial charge in [-0.25, -0.2) is 0 Å². The fourth-order valence-electron chi connectivity index (χ4n) is 2.38. The van der Waals surface area contributed by atoms with Crippen LogP contribution in [0, 0.1) is 11.8 Å². The minimum absolute atomic E-state index is 0.0572. The summed E-state index contributed by atoms with van der Waals surface area (Å²) in [6, 6.07) is 0. The molecule has 0 spiro atoms. The molecule has 19 heavy (non-hydrogen) atoms. The molecule has 4 heteroatoms. The van der Waals surface area contributed by atoms with Gasteiger partial charge in [0.2, 0.25) is 0 Å². The topological polar surface area (TPSA) is 58.7 Å². The maximum Gasteiger partial charge on any atom is 0.0980 e. The van der Waals surface area contributed by atoms with Crippen molar-refractivity contribution in [1.29, 1.82) is 0 Å². The summed E-state index contributed by atoms with van der Waals surface area (Å²) >= 11 is 0. The van der Waals surface area contributed by atoms with Crippen LogP contribution < -0.4 is 5.73 Å². The predicted octanol–water partition coefficient (Wildman–Crippen LogP) is 1.72. The van der Waals surface area contributed by atoms with Crippen LogP contribution in [0.15, 0.2) is 24.0 Å². The number of hydrogen-bond acceptors (Lipinski definition) is 4. The van der Waals surface area contributed by atoms with Crippen LogP contribution >= 0.6 is 0 Å². The average Bonchev–Trinajstić information content (AvgIpc) is 2.43. The van der Waals surface area contributed by atoms with Crippen molar-refractivity contribution in [3.63, 3.8) is 0 Å². The number of nitrogens with two attached hydrogens (primary N) is 1. The van der Waals surface area contributed by atoms with Gasteiger partial charge in [-0.05, 0) is 24.3 Å². The highest BCUT2D eigenvalue weighted by Crippen LogP contribution is 2.19. The van der Waals surface area contributed by atoms with Crippen molar-refractivity contribution in [1.82, 2.24) is 4.90 Å². The van der Waals surface area contributed by atoms with Gasteiger partial charge in [-0.1, -0.05) is 26.8 Å². The monoisotopic (exact) mass is 268 g/mol. The van der Waals surface area contributed by atoms with Gasteiger partial charge in [0, 0.05) is 19.3 Å². The summed E-state index contributed by atoms with van der Waals surface area (Å²) < 4.78 is 5.45. The first-order valence-electron chi connectivity index (χ1n) is 7.19. The van der Waals surface area contributed by atoms with Crippen LogP contribution in [0.25, 0.3) is 0 Å². The van der Waals surface area contributed by atoms with E-state index in [1.807, 2.05) is 0 Å². The highest BCUT2D eigenvalue weighted by atomic mass is 16.5. The highest BCUT2D eigenvalue weighted by molar-refractivity contribution is 5.18. The van der Waals surface area contributed by atoms with Gasteiger partial charge in [0.15, 0.2) is 0 Å². The molecule has 1 heterocycles. The second-order valence-electron chi connectivity index (χ2n) is 5.39. The molecule has 1 aliphatic heterocycles. The Labute approximate surface area is 116 Å². The van der Waals surface area contributed by atoms with Crippen molar-refractivity contribution in [3.05, 3.63) is 24.0 Å². The van der Waals surface area contributed by atoms with E-state index in [1.165, 1.54) is 0 Å². The van der Waals surface area contributed by atoms with Crippen molar-refractivity contribution in [2.24, 2.45) is 17.6 Å². The van der Waals surface area contributed by atoms with Gasteiger partial charge in [0.1, 0.15) is 0 Å². The van der Waals surface area contributed by atoms with E-state index in [4.69, 9.17) is 10.5 Å². The molecule has 0 bridgehead atoms. The number of nitrogens with zero attached hydrogens (tertiary/aromatic N) is 1. The van der Waals surface area contributed by atoms with Crippen molar-refractivity contribution in [2.75, 3.05) is 26.3 Å². The quantitative estimate of drug-likeness (QED) is 0.720. The lowest BCUT2D eigenvalue weighted by molar-refractivity contribution is -0.0421. The molecule has 0 aromatic heterocycles. The van der Waals surface area contributed by atoms with Crippen LogP contribution in [0.5, 0.6) is 0 Å². The minimum atomic E-state index is -0.107. The number of aliphatic hydroxyl groups is 1. The predicted molar refractivity (Wildman–Crippen MR) is 78.4 cm³/mol. The molecule has 110 valence electrons. The molecular weight excluding hydrogens is 240 g/mol. The molecule has 1 rings (SSSR count). The Kier molecular flexibility index (Phi) is 6.95. The van der Waals surface area contributed by atoms with E-state index in [0.29, 0.717) is 25.0 Å². The summed E-state index contributed by atoms with van der Waals surface area (Å²) in [5.41, 5.74) is 6.75. The van der Waals surface area contributed by atoms with E-state index in [9.17, 15) is 5.11 Å². The molecular formula is C15H28N2O2. The Bertz CT molecular complexity index is 313. The Morgan fingerprint density at radius 1 is 1.53 bits per heavy atom. The SMILES string of the molecule is CCC(/C=C\C(=C/N)N1CCO[C@@H](CO)C1)C(C)C. The van der Waals surface area contributed by atoms with E-state index >= 15 is 0 Å². The van der Waals surface area contributed by atoms with Gasteiger partial charge in [0.05, 0.1) is 25.0 Å². The van der Waals surface area contributed by atoms with Gasteiger partial charge >= 0.3 is 0 Å². The fraction of sp³-hybridized carbons (Fsp3) is 0.733. The van der Waals surface area contributed by atoms with Crippen LogP contribution in [-0.4, -0.2) is 42.4 Å². The van der Waals surface area contributed by atoms with Crippen LogP contribution in [0.2, 0.25) is 0 Å². The van der Waals surface area contributed by atoms with Crippen molar-refractivity contribution in [3.8, 4) is 0 Å². The molecule has 0 aromatic carbocycles. The van der Waals surface area contributed by atoms with Crippen molar-refractivity contribution in [2.45, 2.75) is 33.3 Å². The maximum absolute atomic E-state index is 9.17. The molecule has 0 radical (unpaired) electrons. The van der Waals surface area contributed by atoms with Gasteiger partial charge in [0.25, 0.3) is 0 Å². The zero-order valence-electron chi connectivity index (χ0n) is 12.4. The first kappa shape index (κ1) is 16.1. The number of rotatable bonds is 6. The van der Waals surface area contributed by atoms with Crippen LogP contribution in [0.3, 0.4) is 0 Å². The van der Waals surface area contributed by atoms with Crippen LogP contribution in [-0.2, 0) is 4.74 Å². The number of aliphatic hydroxyl groups excluding tert-OH is 1. The van der Waals surface area contributed by atoms with E-state index < -0.39 is 0 Å². The maximum atomic E-state index is 9.17. The fourth-order valence-corrected chi connectivity index (χ4v) is 2.38. The Hall–Kier alpha value is -1.00. The summed E-state index contributed by atoms with van der Waals surface area (Å²) in [5, 5.41) is 9.17. The summed E-state index contributed by atoms with van der Waals surface area (Å²) in [7, 11) is 0. The van der Waals surface area contributed by atoms with Gasteiger partial charge in [-0.3, -0.25) is 0 Å². The lowest BCUT2D eigenvalue weighted by atomic mass is 9.93. The molecule has 0 amide bonds. The van der Waals surface area contributed by atoms with Gasteiger partial charge < -0.3 is 20.5 Å². The summed E-state index contributed by atoms with van der Waals surface area (Å²) in [6.07, 6.45) is 7.02. The standard InChI is InChI=1S/C15H28N2O2/c1-4-13(12(2)3)5-6-14(9-16)17-7-8-19-15(10-17)11-18/h5-6,9,12-13,15,18H,4,7-8,10-11,16H2,1-3H3/b6-5-,14-9+/t13?,15-/m1/s1. The zero-order valence-corrected chi connectivity index (χ0v) is 12.4. The molecule has 0 saturated carbocycles. The first-order valence-corrected chi connectivity index (χ1v) is 7.19. The first-order chi connectivity index (χ1) is 9.12. The van der Waals surface area contributed by atoms with E-state index in [-0.39, 0.29) is 12.7 Å². The van der Waals surface area contributed by atoms with Crippen molar-refractivity contribution >= 4 is 0 Å². The largest absolute Gasteiger partial charge is 0.403 e. The van der Waals surface area contributed by atoms with Gasteiger partial charge in [-0.15, -0.1) is 0 Å². The van der Waals surface area contributed by atoms with Gasteiger partial charge in [-0.2, -0.15) is 0 Å². The molecule has 3 N–H and O–H groups in total. The molecule has 0 aromatic rings. The normalized spacial score (nSPS) is 23.3. The van der Waals surface area contributed by atoms with Crippen LogP contribution in [0.4, 0.5) is 0 Å². The van der Waals surface area contributed by atoms with E-state index in [0.717, 1.165) is 18.7 Å². The average molecular weight is 268 g/mol. The Morgan fingerprint density at radius 3 is 2.79 bits per heavy atom. The van der Waals surface area contributed by atoms with E-state index in [2.05, 4.69) is 37.8 Å². The molecule has 2 atom stereocenters. The number of allylic oxidation sites excluding steroid dienone is 2. The number of ether oxygens (including phenoxy) is 1. The van der Waals surface area contributed by atoms with Crippen LogP contribution in [0.1, 0.15) is 27.2 Å². The minimum Gasteiger partial charge on any atom is -0.403 e. The van der Waals surface area contributed by atoms with Crippen molar-refractivity contribution < 1.29 is 9.84 Å². The number of morpholine rings is 1. The molecule has 0 aliphatic carbocycles. The lowest BCUT2D eigenvalue weighted by Gasteiger charge is -2.34. The second kappa shape index (κ2) is 8.23.